The average Bonchev–Trinajstić information content (AvgIpc) is 3.21. The Labute approximate surface area is 225 Å². The molecule has 1 unspecified atom stereocenters. The average molecular weight is 529 g/mol. The highest BCUT2D eigenvalue weighted by molar-refractivity contribution is 8.00. The van der Waals surface area contributed by atoms with Crippen molar-refractivity contribution in [2.24, 2.45) is 0 Å². The van der Waals surface area contributed by atoms with Crippen LogP contribution >= 0.6 is 11.8 Å². The molecular weight excluding hydrogens is 499 g/mol. The van der Waals surface area contributed by atoms with Gasteiger partial charge in [-0.15, -0.1) is 11.8 Å². The van der Waals surface area contributed by atoms with Crippen molar-refractivity contribution in [3.8, 4) is 16.9 Å². The van der Waals surface area contributed by atoms with E-state index in [9.17, 15) is 14.0 Å². The minimum atomic E-state index is -0.378. The van der Waals surface area contributed by atoms with E-state index in [1.165, 1.54) is 28.8 Å². The summed E-state index contributed by atoms with van der Waals surface area (Å²) in [5.74, 6) is -0.155. The topological polar surface area (TPSA) is 67.2 Å². The zero-order valence-electron chi connectivity index (χ0n) is 21.5. The number of anilines is 1. The second-order valence-electron chi connectivity index (χ2n) is 9.65. The fourth-order valence-corrected chi connectivity index (χ4v) is 5.83. The fourth-order valence-electron chi connectivity index (χ4n) is 4.64. The molecule has 3 aromatic carbocycles. The maximum Gasteiger partial charge on any atom is 0.240 e. The molecule has 0 radical (unpaired) electrons. The summed E-state index contributed by atoms with van der Waals surface area (Å²) in [7, 11) is 0. The minimum absolute atomic E-state index is 0.0691. The third kappa shape index (κ3) is 5.22. The second-order valence-corrected chi connectivity index (χ2v) is 10.7. The van der Waals surface area contributed by atoms with Gasteiger partial charge in [0.25, 0.3) is 0 Å². The van der Waals surface area contributed by atoms with Crippen molar-refractivity contribution in [1.29, 1.82) is 0 Å². The van der Waals surface area contributed by atoms with E-state index in [0.29, 0.717) is 11.5 Å². The molecule has 0 spiro atoms. The summed E-state index contributed by atoms with van der Waals surface area (Å²) in [4.78, 5) is 28.1. The molecule has 0 fully saturated rings. The summed E-state index contributed by atoms with van der Waals surface area (Å²) in [5.41, 5.74) is 4.92. The number of nitrogens with zero attached hydrogens (tertiary/aromatic N) is 3. The molecule has 6 nitrogen and oxygen atoms in total. The number of benzene rings is 3. The zero-order chi connectivity index (χ0) is 26.8. The third-order valence-corrected chi connectivity index (χ3v) is 7.57. The molecule has 1 N–H and O–H groups in total. The van der Waals surface area contributed by atoms with Gasteiger partial charge in [0.15, 0.2) is 0 Å². The first-order valence-corrected chi connectivity index (χ1v) is 13.6. The van der Waals surface area contributed by atoms with Crippen LogP contribution in [0.25, 0.3) is 16.9 Å². The van der Waals surface area contributed by atoms with Gasteiger partial charge in [-0.05, 0) is 50.6 Å². The predicted octanol–water partition coefficient (Wildman–Crippen LogP) is 5.68. The number of carbonyl (C=O) groups is 2. The molecule has 5 rings (SSSR count). The number of aromatic nitrogens is 2. The van der Waals surface area contributed by atoms with Gasteiger partial charge in [0.2, 0.25) is 11.8 Å². The van der Waals surface area contributed by atoms with Crippen LogP contribution in [-0.4, -0.2) is 39.9 Å². The van der Waals surface area contributed by atoms with Crippen LogP contribution in [0.2, 0.25) is 0 Å². The van der Waals surface area contributed by atoms with Crippen LogP contribution in [0.15, 0.2) is 78.9 Å². The Balaban J connectivity index is 1.80. The van der Waals surface area contributed by atoms with Gasteiger partial charge >= 0.3 is 0 Å². The normalized spacial score (nSPS) is 15.3. The lowest BCUT2D eigenvalue weighted by Crippen LogP contribution is -2.44. The Morgan fingerprint density at radius 1 is 1.08 bits per heavy atom. The largest absolute Gasteiger partial charge is 0.352 e. The molecule has 1 atom stereocenters. The molecule has 1 aliphatic heterocycles. The third-order valence-electron chi connectivity index (χ3n) is 6.32. The van der Waals surface area contributed by atoms with Crippen molar-refractivity contribution in [1.82, 2.24) is 15.1 Å². The number of hydrogen-bond donors (Lipinski definition) is 1. The molecule has 0 bridgehead atoms. The second kappa shape index (κ2) is 10.8. The first-order valence-electron chi connectivity index (χ1n) is 12.5. The molecule has 0 saturated heterocycles. The highest BCUT2D eigenvalue weighted by atomic mass is 32.2. The van der Waals surface area contributed by atoms with Crippen LogP contribution in [0.4, 0.5) is 10.2 Å². The summed E-state index contributed by atoms with van der Waals surface area (Å²) in [6.07, 6.45) is 0. The van der Waals surface area contributed by atoms with E-state index in [1.807, 2.05) is 81.4 Å². The van der Waals surface area contributed by atoms with Gasteiger partial charge in [0.05, 0.1) is 22.4 Å². The van der Waals surface area contributed by atoms with E-state index < -0.39 is 0 Å². The molecule has 2 heterocycles. The zero-order valence-corrected chi connectivity index (χ0v) is 22.3. The lowest BCUT2D eigenvalue weighted by atomic mass is 9.99. The molecular formula is C30H29FN4O2S. The first-order chi connectivity index (χ1) is 18.3. The van der Waals surface area contributed by atoms with Crippen LogP contribution in [0.1, 0.15) is 35.8 Å². The van der Waals surface area contributed by atoms with E-state index in [-0.39, 0.29) is 41.2 Å². The van der Waals surface area contributed by atoms with Crippen molar-refractivity contribution < 1.29 is 14.0 Å². The SMILES string of the molecule is Cc1ccc(-n2nc(-c3ccccc3)c3c2N(CC(=O)NC(C)C)C(=O)CSC3c2cccc(F)c2)cc1. The molecule has 8 heteroatoms. The molecule has 1 aromatic heterocycles. The van der Waals surface area contributed by atoms with E-state index in [4.69, 9.17) is 5.10 Å². The van der Waals surface area contributed by atoms with Crippen molar-refractivity contribution in [3.05, 3.63) is 101 Å². The van der Waals surface area contributed by atoms with Gasteiger partial charge in [-0.3, -0.25) is 14.5 Å². The Morgan fingerprint density at radius 2 is 1.82 bits per heavy atom. The maximum atomic E-state index is 14.4. The highest BCUT2D eigenvalue weighted by Crippen LogP contribution is 2.48. The van der Waals surface area contributed by atoms with Gasteiger partial charge in [-0.2, -0.15) is 5.10 Å². The van der Waals surface area contributed by atoms with Gasteiger partial charge in [0.1, 0.15) is 18.2 Å². The summed E-state index contributed by atoms with van der Waals surface area (Å²) in [5, 5.41) is 7.56. The lowest BCUT2D eigenvalue weighted by Gasteiger charge is -2.23. The molecule has 0 saturated carbocycles. The van der Waals surface area contributed by atoms with Crippen LogP contribution in [0.3, 0.4) is 0 Å². The molecule has 194 valence electrons. The lowest BCUT2D eigenvalue weighted by molar-refractivity contribution is -0.123. The molecule has 38 heavy (non-hydrogen) atoms. The fraction of sp³-hybridized carbons (Fsp3) is 0.233. The Bertz CT molecular complexity index is 1470. The number of nitrogens with one attached hydrogen (secondary N) is 1. The van der Waals surface area contributed by atoms with Crippen LogP contribution < -0.4 is 10.2 Å². The number of rotatable bonds is 6. The number of aryl methyl sites for hydroxylation is 1. The first kappa shape index (κ1) is 25.7. The maximum absolute atomic E-state index is 14.4. The quantitative estimate of drug-likeness (QED) is 0.350. The standard InChI is InChI=1S/C30H29FN4O2S/c1-19(2)32-25(36)17-34-26(37)18-38-29(22-10-7-11-23(31)16-22)27-28(21-8-5-4-6-9-21)33-35(30(27)34)24-14-12-20(3)13-15-24/h4-16,19,29H,17-18H2,1-3H3,(H,32,36). The van der Waals surface area contributed by atoms with Gasteiger partial charge < -0.3 is 5.32 Å². The van der Waals surface area contributed by atoms with Crippen LogP contribution in [-0.2, 0) is 9.59 Å². The van der Waals surface area contributed by atoms with Gasteiger partial charge in [-0.25, -0.2) is 9.07 Å². The minimum Gasteiger partial charge on any atom is -0.352 e. The Hall–Kier alpha value is -3.91. The number of halogens is 1. The van der Waals surface area contributed by atoms with E-state index >= 15 is 0 Å². The number of thioether (sulfide) groups is 1. The van der Waals surface area contributed by atoms with E-state index in [2.05, 4.69) is 5.32 Å². The van der Waals surface area contributed by atoms with Crippen molar-refractivity contribution in [2.75, 3.05) is 17.2 Å². The van der Waals surface area contributed by atoms with E-state index in [1.54, 1.807) is 10.7 Å². The van der Waals surface area contributed by atoms with Crippen molar-refractivity contribution >= 4 is 29.4 Å². The predicted molar refractivity (Wildman–Crippen MR) is 150 cm³/mol. The summed E-state index contributed by atoms with van der Waals surface area (Å²) in [6.45, 7) is 5.62. The monoisotopic (exact) mass is 528 g/mol. The Kier molecular flexibility index (Phi) is 7.33. The summed E-state index contributed by atoms with van der Waals surface area (Å²) < 4.78 is 16.2. The van der Waals surface area contributed by atoms with Crippen LogP contribution in [0, 0.1) is 12.7 Å². The smallest absolute Gasteiger partial charge is 0.240 e. The molecule has 4 aromatic rings. The summed E-state index contributed by atoms with van der Waals surface area (Å²) in [6, 6.07) is 24.0. The molecule has 1 aliphatic rings. The van der Waals surface area contributed by atoms with Crippen LogP contribution in [0.5, 0.6) is 0 Å². The highest BCUT2D eigenvalue weighted by Gasteiger charge is 2.37. The van der Waals surface area contributed by atoms with E-state index in [0.717, 1.165) is 27.9 Å². The van der Waals surface area contributed by atoms with Crippen molar-refractivity contribution in [3.63, 3.8) is 0 Å². The Morgan fingerprint density at radius 3 is 2.50 bits per heavy atom. The number of carbonyl (C=O) groups excluding carboxylic acids is 2. The van der Waals surface area contributed by atoms with Crippen molar-refractivity contribution in [2.45, 2.75) is 32.1 Å². The summed E-state index contributed by atoms with van der Waals surface area (Å²) >= 11 is 1.42. The van der Waals surface area contributed by atoms with Gasteiger partial charge in [0, 0.05) is 17.2 Å². The van der Waals surface area contributed by atoms with Gasteiger partial charge in [-0.1, -0.05) is 60.2 Å². The number of hydrogen-bond acceptors (Lipinski definition) is 4. The number of fused-ring (bicyclic) bond motifs is 1. The molecule has 0 aliphatic carbocycles. The molecule has 2 amide bonds. The number of amides is 2.